The maximum atomic E-state index is 13.1. The van der Waals surface area contributed by atoms with Crippen molar-refractivity contribution in [1.29, 1.82) is 0 Å². The van der Waals surface area contributed by atoms with Crippen molar-refractivity contribution >= 4 is 6.29 Å². The monoisotopic (exact) mass is 472 g/mol. The van der Waals surface area contributed by atoms with Crippen LogP contribution in [0.3, 0.4) is 0 Å². The highest BCUT2D eigenvalue weighted by Crippen LogP contribution is 2.74. The zero-order valence-corrected chi connectivity index (χ0v) is 22.5. The van der Waals surface area contributed by atoms with Gasteiger partial charge in [0.1, 0.15) is 6.29 Å². The van der Waals surface area contributed by atoms with Crippen LogP contribution in [0.2, 0.25) is 0 Å². The van der Waals surface area contributed by atoms with Gasteiger partial charge in [-0.3, -0.25) is 0 Å². The van der Waals surface area contributed by atoms with E-state index in [-0.39, 0.29) is 22.7 Å². The van der Waals surface area contributed by atoms with Crippen molar-refractivity contribution in [2.75, 3.05) is 0 Å². The van der Waals surface area contributed by atoms with E-state index >= 15 is 0 Å². The molecule has 0 bridgehead atoms. The van der Waals surface area contributed by atoms with Crippen molar-refractivity contribution in [2.45, 2.75) is 111 Å². The molecule has 4 aliphatic carbocycles. The first-order chi connectivity index (χ1) is 15.6. The maximum Gasteiger partial charge on any atom is 0.127 e. The van der Waals surface area contributed by atoms with Gasteiger partial charge in [0.05, 0.1) is 17.8 Å². The van der Waals surface area contributed by atoms with Crippen LogP contribution in [0.5, 0.6) is 0 Å². The molecule has 3 N–H and O–H groups in total. The van der Waals surface area contributed by atoms with Gasteiger partial charge in [0.25, 0.3) is 0 Å². The summed E-state index contributed by atoms with van der Waals surface area (Å²) in [6.07, 6.45) is 12.7. The third-order valence-electron chi connectivity index (χ3n) is 11.4. The standard InChI is InChI=1S/C30H48O4/c1-19(9-8-13-26(2,3)34)20-12-14-29(7)25-23(32)17-22-21(10-11-24(33)27(22,4)5)30(25,18-31)16-15-28(20,29)6/h8,13,17-21,23-25,32-34H,9-12,14-16H2,1-7H3/b13-8+/t19-,20?,21-,23+,24+,25+,28-,29+,30-/m1/s1. The summed E-state index contributed by atoms with van der Waals surface area (Å²) in [5.74, 6) is 1.03. The first-order valence-electron chi connectivity index (χ1n) is 13.6. The molecule has 0 heterocycles. The number of aliphatic hydroxyl groups is 3. The predicted octanol–water partition coefficient (Wildman–Crippen LogP) is 5.46. The summed E-state index contributed by atoms with van der Waals surface area (Å²) in [6.45, 7) is 14.9. The van der Waals surface area contributed by atoms with Crippen molar-refractivity contribution in [1.82, 2.24) is 0 Å². The maximum absolute atomic E-state index is 13.1. The number of fused-ring (bicyclic) bond motifs is 5. The molecule has 0 aromatic heterocycles. The molecule has 0 spiro atoms. The summed E-state index contributed by atoms with van der Waals surface area (Å²) < 4.78 is 0. The van der Waals surface area contributed by atoms with Gasteiger partial charge in [-0.05, 0) is 87.4 Å². The van der Waals surface area contributed by atoms with Gasteiger partial charge in [-0.25, -0.2) is 0 Å². The first kappa shape index (κ1) is 26.1. The van der Waals surface area contributed by atoms with Crippen LogP contribution in [-0.4, -0.2) is 39.4 Å². The van der Waals surface area contributed by atoms with Crippen molar-refractivity contribution in [3.63, 3.8) is 0 Å². The Morgan fingerprint density at radius 1 is 1.06 bits per heavy atom. The lowest BCUT2D eigenvalue weighted by Gasteiger charge is -2.66. The van der Waals surface area contributed by atoms with Crippen LogP contribution in [0.15, 0.2) is 23.8 Å². The van der Waals surface area contributed by atoms with Gasteiger partial charge >= 0.3 is 0 Å². The van der Waals surface area contributed by atoms with Crippen LogP contribution in [0.25, 0.3) is 0 Å². The van der Waals surface area contributed by atoms with Crippen LogP contribution in [0, 0.1) is 45.3 Å². The van der Waals surface area contributed by atoms with E-state index in [9.17, 15) is 20.1 Å². The number of carbonyl (C=O) groups excluding carboxylic acids is 1. The fourth-order valence-electron chi connectivity index (χ4n) is 9.29. The van der Waals surface area contributed by atoms with E-state index in [0.717, 1.165) is 44.1 Å². The molecule has 0 aliphatic heterocycles. The second-order valence-electron chi connectivity index (χ2n) is 13.9. The molecule has 34 heavy (non-hydrogen) atoms. The van der Waals surface area contributed by atoms with E-state index in [2.05, 4.69) is 40.7 Å². The molecule has 4 nitrogen and oxygen atoms in total. The molecular weight excluding hydrogens is 424 g/mol. The Morgan fingerprint density at radius 2 is 1.74 bits per heavy atom. The van der Waals surface area contributed by atoms with Crippen molar-refractivity contribution in [3.8, 4) is 0 Å². The number of aliphatic hydroxyl groups excluding tert-OH is 2. The summed E-state index contributed by atoms with van der Waals surface area (Å²) in [5, 5.41) is 32.5. The molecule has 4 rings (SSSR count). The molecule has 0 aromatic rings. The van der Waals surface area contributed by atoms with Gasteiger partial charge < -0.3 is 20.1 Å². The van der Waals surface area contributed by atoms with Gasteiger partial charge in [0.15, 0.2) is 0 Å². The third kappa shape index (κ3) is 3.61. The van der Waals surface area contributed by atoms with Crippen molar-refractivity contribution < 1.29 is 20.1 Å². The van der Waals surface area contributed by atoms with Crippen LogP contribution >= 0.6 is 0 Å². The quantitative estimate of drug-likeness (QED) is 0.367. The average Bonchev–Trinajstić information content (AvgIpc) is 3.01. The Morgan fingerprint density at radius 3 is 2.35 bits per heavy atom. The van der Waals surface area contributed by atoms with E-state index in [4.69, 9.17) is 0 Å². The zero-order valence-electron chi connectivity index (χ0n) is 22.5. The largest absolute Gasteiger partial charge is 0.392 e. The van der Waals surface area contributed by atoms with Gasteiger partial charge in [-0.1, -0.05) is 58.4 Å². The molecule has 0 saturated heterocycles. The molecule has 0 aromatic carbocycles. The van der Waals surface area contributed by atoms with Crippen molar-refractivity contribution in [2.24, 2.45) is 45.3 Å². The number of carbonyl (C=O) groups is 1. The van der Waals surface area contributed by atoms with E-state index < -0.39 is 28.6 Å². The molecule has 3 saturated carbocycles. The summed E-state index contributed by atoms with van der Waals surface area (Å²) >= 11 is 0. The molecular formula is C30H48O4. The average molecular weight is 473 g/mol. The Kier molecular flexibility index (Phi) is 6.36. The molecule has 0 amide bonds. The zero-order chi connectivity index (χ0) is 25.3. The predicted molar refractivity (Wildman–Crippen MR) is 136 cm³/mol. The highest BCUT2D eigenvalue weighted by atomic mass is 16.3. The minimum atomic E-state index is -0.792. The summed E-state index contributed by atoms with van der Waals surface area (Å²) in [6, 6.07) is 0. The SMILES string of the molecule is C[C@H](C/C=C/C(C)(C)O)C1CC[C@@]2(C)[C@@H]3[C@@H](O)C=C4[C@@H](CC[C@H](O)C4(C)C)[C@]3(C=O)CC[C@]12C. The minimum absolute atomic E-state index is 0.0577. The van der Waals surface area contributed by atoms with Gasteiger partial charge in [-0.2, -0.15) is 0 Å². The van der Waals surface area contributed by atoms with E-state index in [0.29, 0.717) is 18.3 Å². The Labute approximate surface area is 206 Å². The lowest BCUT2D eigenvalue weighted by atomic mass is 9.38. The normalized spacial score (nSPS) is 46.9. The highest BCUT2D eigenvalue weighted by Gasteiger charge is 2.70. The molecule has 1 unspecified atom stereocenters. The highest BCUT2D eigenvalue weighted by molar-refractivity contribution is 5.65. The Hall–Kier alpha value is -0.970. The second kappa shape index (κ2) is 8.28. The van der Waals surface area contributed by atoms with E-state index in [1.54, 1.807) is 13.8 Å². The van der Waals surface area contributed by atoms with Crippen molar-refractivity contribution in [3.05, 3.63) is 23.8 Å². The Balaban J connectivity index is 1.70. The Bertz CT molecular complexity index is 866. The first-order valence-corrected chi connectivity index (χ1v) is 13.6. The van der Waals surface area contributed by atoms with Crippen LogP contribution in [0.1, 0.15) is 93.4 Å². The number of rotatable bonds is 5. The molecule has 192 valence electrons. The van der Waals surface area contributed by atoms with Gasteiger partial charge in [0.2, 0.25) is 0 Å². The minimum Gasteiger partial charge on any atom is -0.392 e. The molecule has 4 heteroatoms. The number of allylic oxidation sites excluding steroid dienone is 1. The molecule has 4 aliphatic rings. The fraction of sp³-hybridized carbons (Fsp3) is 0.833. The van der Waals surface area contributed by atoms with E-state index in [1.807, 2.05) is 12.2 Å². The summed E-state index contributed by atoms with van der Waals surface area (Å²) in [5.41, 5.74) is -0.705. The summed E-state index contributed by atoms with van der Waals surface area (Å²) in [7, 11) is 0. The topological polar surface area (TPSA) is 77.8 Å². The van der Waals surface area contributed by atoms with Crippen LogP contribution in [-0.2, 0) is 4.79 Å². The number of aldehydes is 1. The third-order valence-corrected chi connectivity index (χ3v) is 11.4. The number of hydrogen-bond donors (Lipinski definition) is 3. The molecule has 9 atom stereocenters. The van der Waals surface area contributed by atoms with Gasteiger partial charge in [0, 0.05) is 16.7 Å². The smallest absolute Gasteiger partial charge is 0.127 e. The lowest BCUT2D eigenvalue weighted by Crippen LogP contribution is -2.64. The lowest BCUT2D eigenvalue weighted by molar-refractivity contribution is -0.182. The van der Waals surface area contributed by atoms with Crippen LogP contribution in [0.4, 0.5) is 0 Å². The fourth-order valence-corrected chi connectivity index (χ4v) is 9.29. The molecule has 0 radical (unpaired) electrons. The summed E-state index contributed by atoms with van der Waals surface area (Å²) in [4.78, 5) is 13.1. The van der Waals surface area contributed by atoms with E-state index in [1.165, 1.54) is 6.29 Å². The second-order valence-corrected chi connectivity index (χ2v) is 13.9. The van der Waals surface area contributed by atoms with Gasteiger partial charge in [-0.15, -0.1) is 0 Å². The van der Waals surface area contributed by atoms with Crippen LogP contribution < -0.4 is 0 Å². The number of hydrogen-bond acceptors (Lipinski definition) is 4. The molecule has 3 fully saturated rings.